The van der Waals surface area contributed by atoms with E-state index in [9.17, 15) is 9.90 Å². The Hall–Kier alpha value is -4.93. The molecule has 2 aromatic heterocycles. The van der Waals surface area contributed by atoms with Gasteiger partial charge in [0.05, 0.1) is 5.76 Å². The maximum absolute atomic E-state index is 11.7. The van der Waals surface area contributed by atoms with Crippen LogP contribution >= 0.6 is 11.3 Å². The Balaban J connectivity index is 0.000000305. The summed E-state index contributed by atoms with van der Waals surface area (Å²) in [5.41, 5.74) is 17.1. The van der Waals surface area contributed by atoms with Crippen LogP contribution in [-0.2, 0) is 24.9 Å². The van der Waals surface area contributed by atoms with Crippen molar-refractivity contribution in [3.05, 3.63) is 150 Å². The fourth-order valence-electron chi connectivity index (χ4n) is 8.42. The van der Waals surface area contributed by atoms with Crippen LogP contribution in [-0.4, -0.2) is 15.9 Å². The molecule has 297 valence electrons. The molecule has 2 heterocycles. The molecule has 8 rings (SSSR count). The van der Waals surface area contributed by atoms with Crippen LogP contribution in [0.4, 0.5) is 0 Å². The van der Waals surface area contributed by atoms with Crippen molar-refractivity contribution in [2.75, 3.05) is 0 Å². The molecule has 0 saturated heterocycles. The van der Waals surface area contributed by atoms with E-state index in [2.05, 4.69) is 136 Å². The molecule has 0 aliphatic heterocycles. The number of fused-ring (bicyclic) bond motifs is 9. The number of aliphatic hydroxyl groups excluding tert-OH is 1. The van der Waals surface area contributed by atoms with Crippen molar-refractivity contribution in [2.24, 2.45) is 11.8 Å². The standard InChI is InChI=1S/C40H28NS.C13H24O2.Ir/c1-24-20-25(2)22-28(21-24)38-40-29(18-19-41-38)26(3)39(42-40)27-16-17-36-34-14-7-6-12-32(34)30-10-4-5-11-31(30)33-13-8-9-15-35(33)37(36)23-27;1-5-10(6-2)12(14)9-13(15)11(7-3)8-4;/h4-21,23H,1-3H3;9-11,14H,5-8H2,1-4H3;/q-1;;/b;12-9-;. The Morgan fingerprint density at radius 1 is 0.672 bits per heavy atom. The van der Waals surface area contributed by atoms with Crippen molar-refractivity contribution < 1.29 is 30.0 Å². The molecule has 1 aliphatic carbocycles. The smallest absolute Gasteiger partial charge is 0.162 e. The number of rotatable bonds is 9. The van der Waals surface area contributed by atoms with Crippen LogP contribution in [0, 0.1) is 38.7 Å². The van der Waals surface area contributed by atoms with Crippen LogP contribution in [0.2, 0.25) is 0 Å². The van der Waals surface area contributed by atoms with E-state index in [1.54, 1.807) is 0 Å². The van der Waals surface area contributed by atoms with Crippen molar-refractivity contribution >= 4 is 27.2 Å². The zero-order chi connectivity index (χ0) is 40.2. The first kappa shape index (κ1) is 42.7. The van der Waals surface area contributed by atoms with Gasteiger partial charge in [-0.3, -0.25) is 4.79 Å². The summed E-state index contributed by atoms with van der Waals surface area (Å²) in [4.78, 5) is 17.9. The Labute approximate surface area is 362 Å². The summed E-state index contributed by atoms with van der Waals surface area (Å²) >= 11 is 1.84. The zero-order valence-electron chi connectivity index (χ0n) is 34.6. The second kappa shape index (κ2) is 18.8. The summed E-state index contributed by atoms with van der Waals surface area (Å²) in [6, 6.07) is 43.6. The average molecular weight is 959 g/mol. The molecule has 0 atom stereocenters. The van der Waals surface area contributed by atoms with E-state index in [1.807, 2.05) is 45.2 Å². The summed E-state index contributed by atoms with van der Waals surface area (Å²) in [5, 5.41) is 11.0. The Morgan fingerprint density at radius 2 is 1.17 bits per heavy atom. The van der Waals surface area contributed by atoms with Crippen LogP contribution in [0.3, 0.4) is 0 Å². The molecule has 1 aliphatic rings. The third kappa shape index (κ3) is 8.45. The number of aryl methyl sites for hydroxylation is 3. The van der Waals surface area contributed by atoms with Gasteiger partial charge in [0.2, 0.25) is 0 Å². The molecule has 5 heteroatoms. The zero-order valence-corrected chi connectivity index (χ0v) is 37.8. The van der Waals surface area contributed by atoms with Gasteiger partial charge in [0.15, 0.2) is 5.78 Å². The summed E-state index contributed by atoms with van der Waals surface area (Å²) in [6.45, 7) is 14.6. The first-order valence-corrected chi connectivity index (χ1v) is 21.2. The van der Waals surface area contributed by atoms with Crippen LogP contribution in [0.15, 0.2) is 127 Å². The van der Waals surface area contributed by atoms with Crippen LogP contribution in [0.1, 0.15) is 70.1 Å². The summed E-state index contributed by atoms with van der Waals surface area (Å²) in [7, 11) is 0. The van der Waals surface area contributed by atoms with Gasteiger partial charge in [0.1, 0.15) is 0 Å². The minimum Gasteiger partial charge on any atom is -0.512 e. The third-order valence-electron chi connectivity index (χ3n) is 11.6. The first-order chi connectivity index (χ1) is 27.7. The topological polar surface area (TPSA) is 50.2 Å². The Kier molecular flexibility index (Phi) is 13.8. The largest absolute Gasteiger partial charge is 0.512 e. The molecule has 5 aromatic carbocycles. The van der Waals surface area contributed by atoms with E-state index in [-0.39, 0.29) is 43.5 Å². The van der Waals surface area contributed by atoms with E-state index < -0.39 is 0 Å². The monoisotopic (exact) mass is 959 g/mol. The minimum atomic E-state index is 0. The van der Waals surface area contributed by atoms with E-state index in [0.29, 0.717) is 0 Å². The number of aromatic nitrogens is 1. The summed E-state index contributed by atoms with van der Waals surface area (Å²) in [5.74, 6) is 0.547. The van der Waals surface area contributed by atoms with Gasteiger partial charge in [-0.05, 0) is 106 Å². The minimum absolute atomic E-state index is 0. The fraction of sp³-hybridized carbons (Fsp3) is 0.245. The first-order valence-electron chi connectivity index (χ1n) is 20.4. The maximum atomic E-state index is 11.7. The molecule has 3 nitrogen and oxygen atoms in total. The number of hydrogen-bond acceptors (Lipinski definition) is 4. The summed E-state index contributed by atoms with van der Waals surface area (Å²) < 4.78 is 1.22. The van der Waals surface area contributed by atoms with Gasteiger partial charge >= 0.3 is 0 Å². The molecule has 1 radical (unpaired) electrons. The molecule has 0 amide bonds. The predicted octanol–water partition coefficient (Wildman–Crippen LogP) is 15.2. The summed E-state index contributed by atoms with van der Waals surface area (Å²) in [6.07, 6.45) is 6.85. The van der Waals surface area contributed by atoms with Gasteiger partial charge in [-0.25, -0.2) is 0 Å². The SMILES string of the molecule is CCC(CC)C(=O)/C=C(\O)C(CC)CC.Cc1[c-]c(-c2nccc3c(C)c(-c4ccc5c(c4)-c4ccccc4-c4ccccc4-c4ccccc4-5)sc23)cc(C)c1.[Ir]. The molecule has 0 spiro atoms. The molecule has 7 aromatic rings. The van der Waals surface area contributed by atoms with E-state index in [0.717, 1.165) is 42.5 Å². The number of ketones is 1. The van der Waals surface area contributed by atoms with Gasteiger partial charge in [-0.15, -0.1) is 46.2 Å². The van der Waals surface area contributed by atoms with Gasteiger partial charge in [0, 0.05) is 59.5 Å². The quantitative estimate of drug-likeness (QED) is 0.0891. The Bertz CT molecular complexity index is 2580. The van der Waals surface area contributed by atoms with Crippen molar-refractivity contribution in [3.8, 4) is 66.2 Å². The van der Waals surface area contributed by atoms with Gasteiger partial charge in [0.25, 0.3) is 0 Å². The second-order valence-corrected chi connectivity index (χ2v) is 16.3. The number of benzene rings is 5. The molecule has 0 bridgehead atoms. The molecule has 1 N–H and O–H groups in total. The number of hydrogen-bond donors (Lipinski definition) is 1. The number of allylic oxidation sites excluding steroid dienone is 2. The molecule has 0 unspecified atom stereocenters. The number of carbonyl (C=O) groups is 1. The van der Waals surface area contributed by atoms with E-state index in [4.69, 9.17) is 4.98 Å². The van der Waals surface area contributed by atoms with E-state index >= 15 is 0 Å². The Morgan fingerprint density at radius 3 is 1.67 bits per heavy atom. The normalized spacial score (nSPS) is 11.7. The van der Waals surface area contributed by atoms with E-state index in [1.165, 1.54) is 82.2 Å². The van der Waals surface area contributed by atoms with Crippen molar-refractivity contribution in [1.29, 1.82) is 0 Å². The van der Waals surface area contributed by atoms with Gasteiger partial charge in [-0.1, -0.05) is 126 Å². The van der Waals surface area contributed by atoms with Gasteiger partial charge < -0.3 is 10.1 Å². The fourth-order valence-corrected chi connectivity index (χ4v) is 9.72. The number of pyridine rings is 1. The van der Waals surface area contributed by atoms with Crippen LogP contribution in [0.25, 0.3) is 76.3 Å². The second-order valence-electron chi connectivity index (χ2n) is 15.2. The maximum Gasteiger partial charge on any atom is 0.162 e. The van der Waals surface area contributed by atoms with Crippen molar-refractivity contribution in [2.45, 2.75) is 74.1 Å². The van der Waals surface area contributed by atoms with Crippen LogP contribution < -0.4 is 0 Å². The van der Waals surface area contributed by atoms with Crippen molar-refractivity contribution in [1.82, 2.24) is 4.98 Å². The molecular weight excluding hydrogens is 907 g/mol. The number of nitrogens with zero attached hydrogens (tertiary/aromatic N) is 1. The molecule has 58 heavy (non-hydrogen) atoms. The average Bonchev–Trinajstić information content (AvgIpc) is 3.57. The molecule has 0 fully saturated rings. The molecule has 0 saturated carbocycles. The van der Waals surface area contributed by atoms with Crippen LogP contribution in [0.5, 0.6) is 0 Å². The third-order valence-corrected chi connectivity index (χ3v) is 12.9. The predicted molar refractivity (Wildman–Crippen MR) is 243 cm³/mol. The van der Waals surface area contributed by atoms with Crippen molar-refractivity contribution in [3.63, 3.8) is 0 Å². The molecular formula is C53H52IrNO2S-. The van der Waals surface area contributed by atoms with Gasteiger partial charge in [-0.2, -0.15) is 0 Å². The number of thiophene rings is 1. The number of aliphatic hydroxyl groups is 1. The number of carbonyl (C=O) groups excluding carboxylic acids is 1.